The zero-order valence-corrected chi connectivity index (χ0v) is 16.8. The van der Waals surface area contributed by atoms with E-state index in [9.17, 15) is 14.4 Å². The van der Waals surface area contributed by atoms with Gasteiger partial charge in [0.15, 0.2) is 17.2 Å². The molecule has 1 aromatic heterocycles. The number of hydrogen-bond acceptors (Lipinski definition) is 7. The SMILES string of the molecule is CCOC(=O)c1nn(CC(=O)c2ccc(C)c(Cl)c2)c(C(=O)OC)c1COC. The molecular formula is C19H21ClN2O6. The van der Waals surface area contributed by atoms with Crippen LogP contribution in [0.3, 0.4) is 0 Å². The van der Waals surface area contributed by atoms with Gasteiger partial charge in [-0.25, -0.2) is 14.3 Å². The Bertz CT molecular complexity index is 906. The Morgan fingerprint density at radius 1 is 1.18 bits per heavy atom. The molecule has 0 atom stereocenters. The lowest BCUT2D eigenvalue weighted by Gasteiger charge is -2.08. The van der Waals surface area contributed by atoms with Gasteiger partial charge in [-0.3, -0.25) is 4.79 Å². The third kappa shape index (κ3) is 4.58. The number of Topliss-reactive ketones (excluding diaryl/α,β-unsaturated/α-hetero) is 1. The Kier molecular flexibility index (Phi) is 7.31. The zero-order chi connectivity index (χ0) is 20.8. The summed E-state index contributed by atoms with van der Waals surface area (Å²) in [4.78, 5) is 37.3. The molecule has 0 aliphatic rings. The van der Waals surface area contributed by atoms with E-state index < -0.39 is 11.9 Å². The Morgan fingerprint density at radius 2 is 1.89 bits per heavy atom. The molecule has 0 aliphatic heterocycles. The Hall–Kier alpha value is -2.71. The van der Waals surface area contributed by atoms with Gasteiger partial charge in [0.25, 0.3) is 0 Å². The van der Waals surface area contributed by atoms with Crippen LogP contribution in [0.15, 0.2) is 18.2 Å². The van der Waals surface area contributed by atoms with Gasteiger partial charge in [0, 0.05) is 23.3 Å². The number of nitrogens with zero attached hydrogens (tertiary/aromatic N) is 2. The predicted octanol–water partition coefficient (Wildman–Crippen LogP) is 2.84. The number of halogens is 1. The van der Waals surface area contributed by atoms with E-state index >= 15 is 0 Å². The monoisotopic (exact) mass is 408 g/mol. The van der Waals surface area contributed by atoms with Crippen molar-refractivity contribution in [2.45, 2.75) is 27.0 Å². The number of carbonyl (C=O) groups is 3. The maximum absolute atomic E-state index is 12.7. The molecule has 0 amide bonds. The van der Waals surface area contributed by atoms with Crippen LogP contribution in [0, 0.1) is 6.92 Å². The highest BCUT2D eigenvalue weighted by Crippen LogP contribution is 2.21. The quantitative estimate of drug-likeness (QED) is 0.489. The van der Waals surface area contributed by atoms with E-state index in [-0.39, 0.29) is 42.5 Å². The number of methoxy groups -OCH3 is 2. The number of esters is 2. The second-order valence-electron chi connectivity index (χ2n) is 5.87. The number of ketones is 1. The van der Waals surface area contributed by atoms with Gasteiger partial charge in [-0.1, -0.05) is 23.7 Å². The molecule has 0 saturated carbocycles. The van der Waals surface area contributed by atoms with E-state index in [2.05, 4.69) is 5.10 Å². The van der Waals surface area contributed by atoms with Gasteiger partial charge >= 0.3 is 11.9 Å². The molecule has 0 N–H and O–H groups in total. The normalized spacial score (nSPS) is 10.6. The molecule has 28 heavy (non-hydrogen) atoms. The highest BCUT2D eigenvalue weighted by atomic mass is 35.5. The minimum Gasteiger partial charge on any atom is -0.464 e. The average Bonchev–Trinajstić information content (AvgIpc) is 3.01. The lowest BCUT2D eigenvalue weighted by atomic mass is 10.1. The first-order valence-electron chi connectivity index (χ1n) is 8.47. The third-order valence-corrected chi connectivity index (χ3v) is 4.38. The maximum atomic E-state index is 12.7. The summed E-state index contributed by atoms with van der Waals surface area (Å²) in [6.45, 7) is 3.23. The highest BCUT2D eigenvalue weighted by molar-refractivity contribution is 6.31. The number of carbonyl (C=O) groups excluding carboxylic acids is 3. The fraction of sp³-hybridized carbons (Fsp3) is 0.368. The summed E-state index contributed by atoms with van der Waals surface area (Å²) in [5.41, 5.74) is 1.24. The van der Waals surface area contributed by atoms with Crippen molar-refractivity contribution in [3.63, 3.8) is 0 Å². The Balaban J connectivity index is 2.50. The van der Waals surface area contributed by atoms with Crippen molar-refractivity contribution < 1.29 is 28.6 Å². The Morgan fingerprint density at radius 3 is 2.46 bits per heavy atom. The average molecular weight is 409 g/mol. The molecule has 2 rings (SSSR count). The van der Waals surface area contributed by atoms with Crippen molar-refractivity contribution in [2.75, 3.05) is 20.8 Å². The fourth-order valence-corrected chi connectivity index (χ4v) is 2.76. The van der Waals surface area contributed by atoms with Crippen LogP contribution in [0.4, 0.5) is 0 Å². The molecule has 0 unspecified atom stereocenters. The standard InChI is InChI=1S/C19H21ClN2O6/c1-5-28-18(24)16-13(10-26-3)17(19(25)27-4)22(21-16)9-15(23)12-7-6-11(2)14(20)8-12/h6-8H,5,9-10H2,1-4H3. The van der Waals surface area contributed by atoms with E-state index in [1.54, 1.807) is 25.1 Å². The van der Waals surface area contributed by atoms with E-state index in [0.29, 0.717) is 10.6 Å². The smallest absolute Gasteiger partial charge is 0.359 e. The molecule has 9 heteroatoms. The van der Waals surface area contributed by atoms with Crippen molar-refractivity contribution in [3.05, 3.63) is 51.3 Å². The van der Waals surface area contributed by atoms with Crippen molar-refractivity contribution in [3.8, 4) is 0 Å². The van der Waals surface area contributed by atoms with Crippen LogP contribution in [0.25, 0.3) is 0 Å². The first-order valence-corrected chi connectivity index (χ1v) is 8.85. The molecular weight excluding hydrogens is 388 g/mol. The summed E-state index contributed by atoms with van der Waals surface area (Å²) in [5.74, 6) is -1.80. The number of aromatic nitrogens is 2. The van der Waals surface area contributed by atoms with Crippen LogP contribution in [-0.4, -0.2) is 48.3 Å². The van der Waals surface area contributed by atoms with Crippen LogP contribution >= 0.6 is 11.6 Å². The van der Waals surface area contributed by atoms with E-state index in [4.69, 9.17) is 25.8 Å². The lowest BCUT2D eigenvalue weighted by Crippen LogP contribution is -2.19. The van der Waals surface area contributed by atoms with Crippen LogP contribution in [-0.2, 0) is 27.4 Å². The second kappa shape index (κ2) is 9.48. The summed E-state index contributed by atoms with van der Waals surface area (Å²) in [7, 11) is 2.61. The summed E-state index contributed by atoms with van der Waals surface area (Å²) < 4.78 is 16.0. The van der Waals surface area contributed by atoms with Gasteiger partial charge in [0.05, 0.1) is 20.3 Å². The van der Waals surface area contributed by atoms with Gasteiger partial charge in [0.1, 0.15) is 6.54 Å². The topological polar surface area (TPSA) is 96.7 Å². The number of aryl methyl sites for hydroxylation is 1. The van der Waals surface area contributed by atoms with Crippen molar-refractivity contribution in [1.29, 1.82) is 0 Å². The van der Waals surface area contributed by atoms with E-state index in [1.807, 2.05) is 6.92 Å². The van der Waals surface area contributed by atoms with Crippen LogP contribution in [0.2, 0.25) is 5.02 Å². The third-order valence-electron chi connectivity index (χ3n) is 3.97. The molecule has 150 valence electrons. The minimum absolute atomic E-state index is 0.0426. The molecule has 0 fully saturated rings. The molecule has 1 heterocycles. The maximum Gasteiger partial charge on any atom is 0.359 e. The van der Waals surface area contributed by atoms with Crippen molar-refractivity contribution >= 4 is 29.3 Å². The van der Waals surface area contributed by atoms with Gasteiger partial charge in [-0.15, -0.1) is 0 Å². The largest absolute Gasteiger partial charge is 0.464 e. The van der Waals surface area contributed by atoms with Crippen molar-refractivity contribution in [1.82, 2.24) is 9.78 Å². The highest BCUT2D eigenvalue weighted by Gasteiger charge is 2.29. The zero-order valence-electron chi connectivity index (χ0n) is 16.1. The first-order chi connectivity index (χ1) is 13.3. The van der Waals surface area contributed by atoms with Crippen LogP contribution in [0.5, 0.6) is 0 Å². The van der Waals surface area contributed by atoms with Crippen LogP contribution < -0.4 is 0 Å². The number of benzene rings is 1. The van der Waals surface area contributed by atoms with Gasteiger partial charge < -0.3 is 14.2 Å². The number of hydrogen-bond donors (Lipinski definition) is 0. The molecule has 2 aromatic rings. The summed E-state index contributed by atoms with van der Waals surface area (Å²) >= 11 is 6.09. The number of rotatable bonds is 8. The molecule has 0 radical (unpaired) electrons. The predicted molar refractivity (Wildman–Crippen MR) is 101 cm³/mol. The molecule has 0 saturated heterocycles. The molecule has 1 aromatic carbocycles. The first kappa shape index (κ1) is 21.6. The lowest BCUT2D eigenvalue weighted by molar-refractivity contribution is 0.0513. The summed E-state index contributed by atoms with van der Waals surface area (Å²) in [6.07, 6.45) is 0. The van der Waals surface area contributed by atoms with E-state index in [1.165, 1.54) is 14.2 Å². The minimum atomic E-state index is -0.746. The number of ether oxygens (including phenoxy) is 3. The van der Waals surface area contributed by atoms with Gasteiger partial charge in [-0.05, 0) is 25.5 Å². The summed E-state index contributed by atoms with van der Waals surface area (Å²) in [5, 5.41) is 4.58. The molecule has 8 nitrogen and oxygen atoms in total. The Labute approximate surface area is 167 Å². The second-order valence-corrected chi connectivity index (χ2v) is 6.27. The fourth-order valence-electron chi connectivity index (χ4n) is 2.58. The molecule has 0 aliphatic carbocycles. The van der Waals surface area contributed by atoms with Gasteiger partial charge in [-0.2, -0.15) is 5.10 Å². The molecule has 0 bridgehead atoms. The van der Waals surface area contributed by atoms with Crippen molar-refractivity contribution in [2.24, 2.45) is 0 Å². The molecule has 0 spiro atoms. The van der Waals surface area contributed by atoms with Gasteiger partial charge in [0.2, 0.25) is 0 Å². The van der Waals surface area contributed by atoms with E-state index in [0.717, 1.165) is 10.2 Å². The summed E-state index contributed by atoms with van der Waals surface area (Å²) in [6, 6.07) is 4.90. The van der Waals surface area contributed by atoms with Crippen LogP contribution in [0.1, 0.15) is 49.4 Å².